The van der Waals surface area contributed by atoms with Gasteiger partial charge < -0.3 is 9.15 Å². The highest BCUT2D eigenvalue weighted by Gasteiger charge is 2.15. The molecule has 1 unspecified atom stereocenters. The number of aryl methyl sites for hydroxylation is 1. The summed E-state index contributed by atoms with van der Waals surface area (Å²) in [5.41, 5.74) is 0.789. The van der Waals surface area contributed by atoms with Crippen LogP contribution in [0.4, 0.5) is 4.39 Å². The van der Waals surface area contributed by atoms with Crippen molar-refractivity contribution in [2.75, 3.05) is 7.11 Å². The summed E-state index contributed by atoms with van der Waals surface area (Å²) in [7, 11) is 1.44. The van der Waals surface area contributed by atoms with Crippen LogP contribution in [-0.2, 0) is 0 Å². The lowest BCUT2D eigenvalue weighted by atomic mass is 10.1. The van der Waals surface area contributed by atoms with Crippen LogP contribution in [0.5, 0.6) is 5.75 Å². The summed E-state index contributed by atoms with van der Waals surface area (Å²) < 4.78 is 23.9. The van der Waals surface area contributed by atoms with E-state index >= 15 is 0 Å². The van der Waals surface area contributed by atoms with E-state index in [4.69, 9.17) is 9.15 Å². The second-order valence-electron chi connectivity index (χ2n) is 3.70. The number of hydrogen-bond donors (Lipinski definition) is 0. The molecule has 2 nitrogen and oxygen atoms in total. The molecule has 2 rings (SSSR count). The van der Waals surface area contributed by atoms with Crippen LogP contribution in [0.3, 0.4) is 0 Å². The number of methoxy groups -OCH3 is 1. The molecular formula is C13H12BrFO2. The van der Waals surface area contributed by atoms with Gasteiger partial charge in [-0.2, -0.15) is 0 Å². The zero-order valence-electron chi connectivity index (χ0n) is 9.54. The molecule has 0 fully saturated rings. The molecule has 1 aromatic heterocycles. The standard InChI is InChI=1S/C13H12BrFO2/c1-8-3-5-12(17-8)13(14)9-4-6-11(16-2)10(15)7-9/h3-7,13H,1-2H3. The van der Waals surface area contributed by atoms with Gasteiger partial charge in [0.25, 0.3) is 0 Å². The lowest BCUT2D eigenvalue weighted by Gasteiger charge is -2.09. The van der Waals surface area contributed by atoms with E-state index in [0.29, 0.717) is 0 Å². The Bertz CT molecular complexity index is 522. The molecule has 0 radical (unpaired) electrons. The Morgan fingerprint density at radius 2 is 2.06 bits per heavy atom. The number of ether oxygens (including phenoxy) is 1. The number of hydrogen-bond acceptors (Lipinski definition) is 2. The fraction of sp³-hybridized carbons (Fsp3) is 0.231. The van der Waals surface area contributed by atoms with Crippen molar-refractivity contribution < 1.29 is 13.5 Å². The molecule has 0 amide bonds. The van der Waals surface area contributed by atoms with Gasteiger partial charge in [-0.15, -0.1) is 0 Å². The van der Waals surface area contributed by atoms with Crippen LogP contribution in [0.2, 0.25) is 0 Å². The maximum atomic E-state index is 13.6. The van der Waals surface area contributed by atoms with Gasteiger partial charge in [-0.05, 0) is 36.8 Å². The molecule has 0 aliphatic heterocycles. The van der Waals surface area contributed by atoms with E-state index < -0.39 is 0 Å². The topological polar surface area (TPSA) is 22.4 Å². The minimum atomic E-state index is -0.377. The van der Waals surface area contributed by atoms with Crippen molar-refractivity contribution in [1.82, 2.24) is 0 Å². The summed E-state index contributed by atoms with van der Waals surface area (Å²) in [4.78, 5) is -0.156. The van der Waals surface area contributed by atoms with Crippen LogP contribution in [0.1, 0.15) is 21.9 Å². The van der Waals surface area contributed by atoms with Crippen molar-refractivity contribution in [3.63, 3.8) is 0 Å². The smallest absolute Gasteiger partial charge is 0.165 e. The van der Waals surface area contributed by atoms with Crippen LogP contribution >= 0.6 is 15.9 Å². The van der Waals surface area contributed by atoms with Crippen molar-refractivity contribution >= 4 is 15.9 Å². The van der Waals surface area contributed by atoms with Gasteiger partial charge in [-0.3, -0.25) is 0 Å². The lowest BCUT2D eigenvalue weighted by molar-refractivity contribution is 0.386. The molecule has 0 aliphatic carbocycles. The van der Waals surface area contributed by atoms with Gasteiger partial charge in [0.2, 0.25) is 0 Å². The SMILES string of the molecule is COc1ccc(C(Br)c2ccc(C)o2)cc1F. The fourth-order valence-corrected chi connectivity index (χ4v) is 2.13. The van der Waals surface area contributed by atoms with E-state index in [0.717, 1.165) is 17.1 Å². The van der Waals surface area contributed by atoms with Crippen LogP contribution in [0, 0.1) is 12.7 Å². The summed E-state index contributed by atoms with van der Waals surface area (Å²) >= 11 is 3.49. The van der Waals surface area contributed by atoms with Crippen molar-refractivity contribution in [3.8, 4) is 5.75 Å². The first kappa shape index (κ1) is 12.2. The Hall–Kier alpha value is -1.29. The zero-order chi connectivity index (χ0) is 12.4. The minimum absolute atomic E-state index is 0.156. The molecule has 0 bridgehead atoms. The van der Waals surface area contributed by atoms with E-state index in [-0.39, 0.29) is 16.4 Å². The Balaban J connectivity index is 2.31. The van der Waals surface area contributed by atoms with Crippen molar-refractivity contribution in [3.05, 3.63) is 53.2 Å². The Morgan fingerprint density at radius 3 is 2.59 bits per heavy atom. The van der Waals surface area contributed by atoms with Crippen LogP contribution in [0.25, 0.3) is 0 Å². The largest absolute Gasteiger partial charge is 0.494 e. The van der Waals surface area contributed by atoms with Crippen molar-refractivity contribution in [1.29, 1.82) is 0 Å². The molecule has 90 valence electrons. The number of alkyl halides is 1. The van der Waals surface area contributed by atoms with Gasteiger partial charge in [0.15, 0.2) is 11.6 Å². The molecule has 0 saturated heterocycles. The highest BCUT2D eigenvalue weighted by Crippen LogP contribution is 2.33. The first-order valence-corrected chi connectivity index (χ1v) is 6.07. The Kier molecular flexibility index (Phi) is 3.52. The summed E-state index contributed by atoms with van der Waals surface area (Å²) in [5, 5.41) is 0. The molecular weight excluding hydrogens is 287 g/mol. The zero-order valence-corrected chi connectivity index (χ0v) is 11.1. The maximum Gasteiger partial charge on any atom is 0.165 e. The molecule has 4 heteroatoms. The highest BCUT2D eigenvalue weighted by molar-refractivity contribution is 9.09. The van der Waals surface area contributed by atoms with Gasteiger partial charge in [-0.25, -0.2) is 4.39 Å². The Labute approximate surface area is 108 Å². The molecule has 17 heavy (non-hydrogen) atoms. The molecule has 0 aliphatic rings. The predicted octanol–water partition coefficient (Wildman–Crippen LogP) is 4.22. The number of furan rings is 1. The third-order valence-corrected chi connectivity index (χ3v) is 3.46. The van der Waals surface area contributed by atoms with Gasteiger partial charge >= 0.3 is 0 Å². The van der Waals surface area contributed by atoms with Gasteiger partial charge in [-0.1, -0.05) is 22.0 Å². The molecule has 1 atom stereocenters. The summed E-state index contributed by atoms with van der Waals surface area (Å²) in [5.74, 6) is 1.45. The quantitative estimate of drug-likeness (QED) is 0.792. The monoisotopic (exact) mass is 298 g/mol. The normalized spacial score (nSPS) is 12.5. The molecule has 0 spiro atoms. The van der Waals surface area contributed by atoms with E-state index in [9.17, 15) is 4.39 Å². The number of rotatable bonds is 3. The average Bonchev–Trinajstić information content (AvgIpc) is 2.75. The second kappa shape index (κ2) is 4.92. The average molecular weight is 299 g/mol. The molecule has 0 saturated carbocycles. The minimum Gasteiger partial charge on any atom is -0.494 e. The van der Waals surface area contributed by atoms with Crippen LogP contribution in [-0.4, -0.2) is 7.11 Å². The van der Waals surface area contributed by atoms with Crippen molar-refractivity contribution in [2.24, 2.45) is 0 Å². The second-order valence-corrected chi connectivity index (χ2v) is 4.62. The summed E-state index contributed by atoms with van der Waals surface area (Å²) in [6.07, 6.45) is 0. The lowest BCUT2D eigenvalue weighted by Crippen LogP contribution is -1.94. The molecule has 2 aromatic rings. The fourth-order valence-electron chi connectivity index (χ4n) is 1.59. The van der Waals surface area contributed by atoms with E-state index in [2.05, 4.69) is 15.9 Å². The van der Waals surface area contributed by atoms with E-state index in [1.165, 1.54) is 13.2 Å². The van der Waals surface area contributed by atoms with E-state index in [1.54, 1.807) is 12.1 Å². The van der Waals surface area contributed by atoms with Crippen LogP contribution < -0.4 is 4.74 Å². The van der Waals surface area contributed by atoms with Gasteiger partial charge in [0.05, 0.1) is 11.9 Å². The van der Waals surface area contributed by atoms with Gasteiger partial charge in [0.1, 0.15) is 11.5 Å². The van der Waals surface area contributed by atoms with Gasteiger partial charge in [0, 0.05) is 0 Å². The molecule has 1 heterocycles. The highest BCUT2D eigenvalue weighted by atomic mass is 79.9. The first-order chi connectivity index (χ1) is 8.11. The molecule has 0 N–H and O–H groups in total. The maximum absolute atomic E-state index is 13.6. The third-order valence-electron chi connectivity index (χ3n) is 2.48. The number of halogens is 2. The third kappa shape index (κ3) is 2.52. The summed E-state index contributed by atoms with van der Waals surface area (Å²) in [6, 6.07) is 8.60. The summed E-state index contributed by atoms with van der Waals surface area (Å²) in [6.45, 7) is 1.87. The number of benzene rings is 1. The first-order valence-electron chi connectivity index (χ1n) is 5.15. The van der Waals surface area contributed by atoms with Crippen LogP contribution in [0.15, 0.2) is 34.7 Å². The van der Waals surface area contributed by atoms with E-state index in [1.807, 2.05) is 19.1 Å². The Morgan fingerprint density at radius 1 is 1.29 bits per heavy atom. The van der Waals surface area contributed by atoms with Crippen molar-refractivity contribution in [2.45, 2.75) is 11.8 Å². The predicted molar refractivity (Wildman–Crippen MR) is 67.2 cm³/mol. The molecule has 1 aromatic carbocycles.